The van der Waals surface area contributed by atoms with Gasteiger partial charge in [-0.15, -0.1) is 0 Å². The first-order valence-corrected chi connectivity index (χ1v) is 20.7. The number of allylic oxidation sites excluding steroid dienone is 1. The highest BCUT2D eigenvalue weighted by atomic mass is 16.5. The fourth-order valence-electron chi connectivity index (χ4n) is 8.83. The van der Waals surface area contributed by atoms with Gasteiger partial charge >= 0.3 is 12.2 Å². The van der Waals surface area contributed by atoms with Crippen LogP contribution >= 0.6 is 0 Å². The second-order valence-electron chi connectivity index (χ2n) is 17.7. The Morgan fingerprint density at radius 1 is 0.800 bits per heavy atom. The van der Waals surface area contributed by atoms with Crippen LogP contribution in [0.3, 0.4) is 0 Å². The van der Waals surface area contributed by atoms with Crippen molar-refractivity contribution < 1.29 is 28.7 Å². The van der Waals surface area contributed by atoms with Crippen LogP contribution in [0.25, 0.3) is 38.4 Å². The van der Waals surface area contributed by atoms with Crippen molar-refractivity contribution in [1.82, 2.24) is 30.4 Å². The Morgan fingerprint density at radius 3 is 2.02 bits per heavy atom. The number of aromatic nitrogens is 2. The molecule has 2 fully saturated rings. The topological polar surface area (TPSA) is 175 Å². The number of amides is 4. The van der Waals surface area contributed by atoms with Crippen molar-refractivity contribution in [2.24, 2.45) is 22.2 Å². The molecule has 0 unspecified atom stereocenters. The minimum absolute atomic E-state index is 0.104. The van der Waals surface area contributed by atoms with Gasteiger partial charge in [0.1, 0.15) is 17.9 Å². The summed E-state index contributed by atoms with van der Waals surface area (Å²) in [6.45, 7) is 12.7. The fraction of sp³-hybridized carbons (Fsp3) is 0.457. The van der Waals surface area contributed by atoms with Crippen LogP contribution in [0, 0.1) is 17.3 Å². The van der Waals surface area contributed by atoms with Crippen LogP contribution in [-0.4, -0.2) is 94.9 Å². The zero-order chi connectivity index (χ0) is 43.0. The Morgan fingerprint density at radius 2 is 1.38 bits per heavy atom. The van der Waals surface area contributed by atoms with Gasteiger partial charge in [-0.3, -0.25) is 19.4 Å². The summed E-state index contributed by atoms with van der Waals surface area (Å²) >= 11 is 0. The number of benzene rings is 3. The van der Waals surface area contributed by atoms with Crippen LogP contribution in [0.5, 0.6) is 0 Å². The second-order valence-corrected chi connectivity index (χ2v) is 17.7. The third kappa shape index (κ3) is 8.50. The summed E-state index contributed by atoms with van der Waals surface area (Å²) in [4.78, 5) is 81.6. The smallest absolute Gasteiger partial charge is 0.407 e. The predicted molar refractivity (Wildman–Crippen MR) is 231 cm³/mol. The number of H-pyrrole nitrogens is 1. The number of carbonyl (C=O) groups excluding carboxylic acids is 4. The summed E-state index contributed by atoms with van der Waals surface area (Å²) in [5.74, 6) is -0.263. The van der Waals surface area contributed by atoms with E-state index in [-0.39, 0.29) is 40.7 Å². The van der Waals surface area contributed by atoms with Gasteiger partial charge in [-0.2, -0.15) is 0 Å². The SMILES string of the molecule is COC(=O)N[C@H](C(=O)N1CCC[C@H]1C1=NC=C(c2ccc3cc(-c4ccc5c(=O)[nH]c([C@@H]6CC(C)(C)CN6C(=O)[C@@H](NC(=O)OC)C(C)C)nc5c4)ccc3c2)C1)C(C)C. The minimum Gasteiger partial charge on any atom is -0.453 e. The Labute approximate surface area is 349 Å². The van der Waals surface area contributed by atoms with Gasteiger partial charge in [0, 0.05) is 31.4 Å². The molecule has 4 heterocycles. The zero-order valence-electron chi connectivity index (χ0n) is 35.6. The van der Waals surface area contributed by atoms with Crippen molar-refractivity contribution in [2.45, 2.75) is 91.4 Å². The molecule has 60 heavy (non-hydrogen) atoms. The fourth-order valence-corrected chi connectivity index (χ4v) is 8.83. The maximum absolute atomic E-state index is 14.0. The lowest BCUT2D eigenvalue weighted by molar-refractivity contribution is -0.136. The molecular formula is C46H55N7O7. The molecule has 4 aromatic rings. The molecule has 0 bridgehead atoms. The lowest BCUT2D eigenvalue weighted by atomic mass is 9.90. The number of likely N-dealkylation sites (tertiary alicyclic amines) is 2. The highest BCUT2D eigenvalue weighted by Gasteiger charge is 2.45. The van der Waals surface area contributed by atoms with E-state index in [0.29, 0.717) is 42.7 Å². The zero-order valence-corrected chi connectivity index (χ0v) is 35.6. The molecule has 4 amide bonds. The van der Waals surface area contributed by atoms with Gasteiger partial charge in [0.25, 0.3) is 5.56 Å². The van der Waals surface area contributed by atoms with Crippen LogP contribution in [0.1, 0.15) is 84.7 Å². The maximum Gasteiger partial charge on any atom is 0.407 e. The van der Waals surface area contributed by atoms with E-state index in [0.717, 1.165) is 51.6 Å². The van der Waals surface area contributed by atoms with Crippen molar-refractivity contribution in [3.63, 3.8) is 0 Å². The van der Waals surface area contributed by atoms with Crippen LogP contribution in [0.4, 0.5) is 9.59 Å². The summed E-state index contributed by atoms with van der Waals surface area (Å²) in [5, 5.41) is 7.96. The molecule has 0 aliphatic carbocycles. The summed E-state index contributed by atoms with van der Waals surface area (Å²) in [6.07, 6.45) is 3.50. The predicted octanol–water partition coefficient (Wildman–Crippen LogP) is 6.98. The van der Waals surface area contributed by atoms with Crippen molar-refractivity contribution in [3.8, 4) is 11.1 Å². The third-order valence-electron chi connectivity index (χ3n) is 12.0. The number of alkyl carbamates (subject to hydrolysis) is 2. The lowest BCUT2D eigenvalue weighted by Crippen LogP contribution is -2.53. The number of fused-ring (bicyclic) bond motifs is 2. The van der Waals surface area contributed by atoms with E-state index in [1.807, 2.05) is 50.9 Å². The van der Waals surface area contributed by atoms with Gasteiger partial charge in [-0.05, 0) is 93.8 Å². The maximum atomic E-state index is 14.0. The summed E-state index contributed by atoms with van der Waals surface area (Å²) in [5.41, 5.74) is 4.94. The Balaban J connectivity index is 1.09. The van der Waals surface area contributed by atoms with Crippen molar-refractivity contribution in [3.05, 3.63) is 82.5 Å². The molecule has 0 saturated carbocycles. The van der Waals surface area contributed by atoms with Gasteiger partial charge in [0.05, 0.1) is 37.2 Å². The lowest BCUT2D eigenvalue weighted by Gasteiger charge is -2.31. The molecule has 4 atom stereocenters. The summed E-state index contributed by atoms with van der Waals surface area (Å²) < 4.78 is 9.58. The number of carbonyl (C=O) groups is 4. The van der Waals surface area contributed by atoms with Gasteiger partial charge in [0.15, 0.2) is 0 Å². The first-order valence-electron chi connectivity index (χ1n) is 20.7. The number of hydrogen-bond donors (Lipinski definition) is 3. The average Bonchev–Trinajstić information content (AvgIpc) is 3.99. The average molecular weight is 818 g/mol. The number of nitrogens with zero attached hydrogens (tertiary/aromatic N) is 4. The molecule has 3 aliphatic rings. The number of rotatable bonds is 10. The number of aromatic amines is 1. The third-order valence-corrected chi connectivity index (χ3v) is 12.0. The molecule has 1 aromatic heterocycles. The Hall–Kier alpha value is -6.05. The first kappa shape index (κ1) is 42.1. The van der Waals surface area contributed by atoms with Gasteiger partial charge in [-0.25, -0.2) is 14.6 Å². The number of nitrogens with one attached hydrogen (secondary N) is 3. The summed E-state index contributed by atoms with van der Waals surface area (Å²) in [7, 11) is 2.56. The Bertz CT molecular complexity index is 2470. The van der Waals surface area contributed by atoms with E-state index < -0.39 is 30.3 Å². The minimum atomic E-state index is -0.806. The normalized spacial score (nSPS) is 19.7. The van der Waals surface area contributed by atoms with Crippen molar-refractivity contribution in [1.29, 1.82) is 0 Å². The van der Waals surface area contributed by atoms with Crippen LogP contribution < -0.4 is 16.2 Å². The molecule has 3 aliphatic heterocycles. The summed E-state index contributed by atoms with van der Waals surface area (Å²) in [6, 6.07) is 16.1. The van der Waals surface area contributed by atoms with Crippen LogP contribution in [0.15, 0.2) is 70.6 Å². The number of methoxy groups -OCH3 is 2. The van der Waals surface area contributed by atoms with E-state index in [1.54, 1.807) is 11.0 Å². The molecule has 0 radical (unpaired) electrons. The highest BCUT2D eigenvalue weighted by molar-refractivity contribution is 6.04. The van der Waals surface area contributed by atoms with E-state index >= 15 is 0 Å². The van der Waals surface area contributed by atoms with Crippen molar-refractivity contribution >= 4 is 57.0 Å². The molecule has 0 spiro atoms. The molecule has 3 aromatic carbocycles. The number of aliphatic imine (C=N–C) groups is 1. The van der Waals surface area contributed by atoms with Gasteiger partial charge < -0.3 is 34.9 Å². The Kier molecular flexibility index (Phi) is 11.9. The van der Waals surface area contributed by atoms with E-state index in [4.69, 9.17) is 19.5 Å². The second kappa shape index (κ2) is 16.9. The van der Waals surface area contributed by atoms with Gasteiger partial charge in [-0.1, -0.05) is 71.9 Å². The molecule has 2 saturated heterocycles. The largest absolute Gasteiger partial charge is 0.453 e. The first-order chi connectivity index (χ1) is 28.6. The molecule has 316 valence electrons. The molecule has 7 rings (SSSR count). The quantitative estimate of drug-likeness (QED) is 0.154. The van der Waals surface area contributed by atoms with Crippen LogP contribution in [0.2, 0.25) is 0 Å². The molecule has 14 heteroatoms. The number of ether oxygens (including phenoxy) is 2. The standard InChI is InChI=1S/C46H55N7O7/c1-25(2)38(49-44(57)59-7)42(55)52-17-9-10-36(52)35-21-32(23-47-35)30-14-13-27-18-29(12-11-28(27)19-30)31-15-16-33-34(20-31)48-40(51-41(33)54)37-22-46(5,6)24-53(37)43(56)39(26(3)4)50-45(58)60-8/h11-16,18-20,23,25-26,36-39H,9-10,17,21-22,24H2,1-8H3,(H,49,57)(H,50,58)(H,48,51,54)/t36-,37-,38-,39-/m0/s1. The monoisotopic (exact) mass is 817 g/mol. The highest BCUT2D eigenvalue weighted by Crippen LogP contribution is 2.42. The van der Waals surface area contributed by atoms with E-state index in [1.165, 1.54) is 14.2 Å². The van der Waals surface area contributed by atoms with Crippen molar-refractivity contribution in [2.75, 3.05) is 27.3 Å². The van der Waals surface area contributed by atoms with Gasteiger partial charge in [0.2, 0.25) is 11.8 Å². The molecular weight excluding hydrogens is 763 g/mol. The molecule has 3 N–H and O–H groups in total. The number of hydrogen-bond acceptors (Lipinski definition) is 9. The van der Waals surface area contributed by atoms with E-state index in [2.05, 4.69) is 65.9 Å². The van der Waals surface area contributed by atoms with Crippen LogP contribution in [-0.2, 0) is 19.1 Å². The molecule has 14 nitrogen and oxygen atoms in total. The van der Waals surface area contributed by atoms with E-state index in [9.17, 15) is 24.0 Å².